The van der Waals surface area contributed by atoms with Gasteiger partial charge in [-0.1, -0.05) is 35.6 Å². The van der Waals surface area contributed by atoms with Gasteiger partial charge >= 0.3 is 0 Å². The molecule has 92 valence electrons. The minimum Gasteiger partial charge on any atom is -0.179 e. The van der Waals surface area contributed by atoms with E-state index in [1.807, 2.05) is 6.08 Å². The number of benzene rings is 2. The van der Waals surface area contributed by atoms with Crippen molar-refractivity contribution in [2.24, 2.45) is 15.4 Å². The van der Waals surface area contributed by atoms with E-state index in [1.165, 1.54) is 21.9 Å². The first-order valence-electron chi connectivity index (χ1n) is 6.36. The van der Waals surface area contributed by atoms with Crippen molar-refractivity contribution < 1.29 is 0 Å². The lowest BCUT2D eigenvalue weighted by Crippen LogP contribution is -1.89. The molecule has 4 rings (SSSR count). The zero-order valence-corrected chi connectivity index (χ0v) is 10.3. The van der Waals surface area contributed by atoms with Crippen LogP contribution in [0, 0.1) is 0 Å². The minimum atomic E-state index is 0.837. The zero-order valence-electron chi connectivity index (χ0n) is 10.3. The Kier molecular flexibility index (Phi) is 2.21. The summed E-state index contributed by atoms with van der Waals surface area (Å²) in [6.45, 7) is 0. The summed E-state index contributed by atoms with van der Waals surface area (Å²) < 4.78 is 0. The van der Waals surface area contributed by atoms with Gasteiger partial charge in [0.1, 0.15) is 0 Å². The van der Waals surface area contributed by atoms with E-state index >= 15 is 0 Å². The molecule has 19 heavy (non-hydrogen) atoms. The van der Waals surface area contributed by atoms with Crippen molar-refractivity contribution >= 4 is 22.7 Å². The molecule has 0 bridgehead atoms. The predicted molar refractivity (Wildman–Crippen MR) is 75.8 cm³/mol. The average molecular weight is 248 g/mol. The van der Waals surface area contributed by atoms with Gasteiger partial charge in [0.15, 0.2) is 0 Å². The van der Waals surface area contributed by atoms with Crippen molar-refractivity contribution in [2.45, 2.75) is 12.8 Å². The third-order valence-electron chi connectivity index (χ3n) is 3.72. The van der Waals surface area contributed by atoms with Gasteiger partial charge in [-0.15, -0.1) is 5.11 Å². The molecule has 1 N–H and O–H groups in total. The minimum absolute atomic E-state index is 0.837. The third-order valence-corrected chi connectivity index (χ3v) is 3.72. The van der Waals surface area contributed by atoms with Gasteiger partial charge in [0.25, 0.3) is 0 Å². The predicted octanol–water partition coefficient (Wildman–Crippen LogP) is 3.24. The van der Waals surface area contributed by atoms with Crippen LogP contribution in [0.4, 0.5) is 0 Å². The number of nitrogens with one attached hydrogen (secondary N) is 1. The van der Waals surface area contributed by atoms with Gasteiger partial charge in [0.2, 0.25) is 0 Å². The first-order valence-corrected chi connectivity index (χ1v) is 6.36. The molecule has 1 aliphatic heterocycles. The van der Waals surface area contributed by atoms with Crippen LogP contribution in [0.15, 0.2) is 51.8 Å². The molecule has 1 heterocycles. The zero-order chi connectivity index (χ0) is 12.7. The molecule has 0 saturated heterocycles. The monoisotopic (exact) mass is 248 g/mol. The van der Waals surface area contributed by atoms with E-state index in [-0.39, 0.29) is 0 Å². The van der Waals surface area contributed by atoms with E-state index in [0.29, 0.717) is 0 Å². The quantitative estimate of drug-likeness (QED) is 0.827. The fourth-order valence-electron chi connectivity index (χ4n) is 2.89. The van der Waals surface area contributed by atoms with Crippen molar-refractivity contribution in [1.29, 1.82) is 0 Å². The van der Waals surface area contributed by atoms with E-state index in [4.69, 9.17) is 0 Å². The van der Waals surface area contributed by atoms with Crippen molar-refractivity contribution in [1.82, 2.24) is 5.53 Å². The second-order valence-electron chi connectivity index (χ2n) is 4.74. The molecule has 0 radical (unpaired) electrons. The number of aryl methyl sites for hydroxylation is 2. The van der Waals surface area contributed by atoms with Crippen LogP contribution < -0.4 is 5.53 Å². The molecular weight excluding hydrogens is 236 g/mol. The Morgan fingerprint density at radius 1 is 1.00 bits per heavy atom. The van der Waals surface area contributed by atoms with Crippen LogP contribution in [-0.4, -0.2) is 6.21 Å². The number of hydrogen-bond acceptors (Lipinski definition) is 4. The number of hydrazone groups is 1. The lowest BCUT2D eigenvalue weighted by atomic mass is 9.98. The summed E-state index contributed by atoms with van der Waals surface area (Å²) in [6, 6.07) is 10.8. The molecule has 0 atom stereocenters. The Hall–Kier alpha value is -2.49. The maximum absolute atomic E-state index is 4.17. The highest BCUT2D eigenvalue weighted by Gasteiger charge is 2.17. The smallest absolute Gasteiger partial charge is 0.0969 e. The lowest BCUT2D eigenvalue weighted by molar-refractivity contribution is 0.759. The second-order valence-corrected chi connectivity index (χ2v) is 4.74. The molecule has 1 aliphatic carbocycles. The SMILES string of the molecule is C1=NNN=NC(c2ccc3c4c(cccc24)CC3)=C1. The highest BCUT2D eigenvalue weighted by molar-refractivity contribution is 6.00. The van der Waals surface area contributed by atoms with Crippen LogP contribution in [0.5, 0.6) is 0 Å². The van der Waals surface area contributed by atoms with E-state index in [2.05, 4.69) is 51.3 Å². The van der Waals surface area contributed by atoms with Crippen molar-refractivity contribution in [2.75, 3.05) is 0 Å². The molecule has 0 saturated carbocycles. The average Bonchev–Trinajstić information content (AvgIpc) is 2.70. The molecule has 4 nitrogen and oxygen atoms in total. The molecule has 2 aliphatic rings. The summed E-state index contributed by atoms with van der Waals surface area (Å²) in [6.07, 6.45) is 5.83. The van der Waals surface area contributed by atoms with Crippen LogP contribution in [0.1, 0.15) is 16.7 Å². The second kappa shape index (κ2) is 4.02. The van der Waals surface area contributed by atoms with E-state index in [9.17, 15) is 0 Å². The standard InChI is InChI=1S/C15H12N4/c1-2-10-4-5-11-6-7-12(13(3-1)15(10)11)14-8-9-16-18-19-17-14/h1-3,6-9H,4-5H2,(H,17,18). The molecule has 4 heteroatoms. The van der Waals surface area contributed by atoms with E-state index in [1.54, 1.807) is 6.21 Å². The number of nitrogens with zero attached hydrogens (tertiary/aromatic N) is 3. The van der Waals surface area contributed by atoms with E-state index in [0.717, 1.165) is 24.1 Å². The third kappa shape index (κ3) is 1.57. The van der Waals surface area contributed by atoms with Gasteiger partial charge in [-0.25, -0.2) is 0 Å². The largest absolute Gasteiger partial charge is 0.179 e. The fraction of sp³-hybridized carbons (Fsp3) is 0.133. The Bertz CT molecular complexity index is 746. The molecule has 2 aromatic rings. The van der Waals surface area contributed by atoms with Crippen LogP contribution in [0.25, 0.3) is 16.5 Å². The van der Waals surface area contributed by atoms with Gasteiger partial charge in [-0.2, -0.15) is 10.6 Å². The summed E-state index contributed by atoms with van der Waals surface area (Å²) in [5, 5.41) is 14.5. The van der Waals surface area contributed by atoms with Gasteiger partial charge in [0, 0.05) is 5.56 Å². The maximum atomic E-state index is 4.17. The highest BCUT2D eigenvalue weighted by atomic mass is 15.6. The van der Waals surface area contributed by atoms with Gasteiger partial charge in [-0.3, -0.25) is 0 Å². The van der Waals surface area contributed by atoms with Crippen molar-refractivity contribution in [3.8, 4) is 0 Å². The number of hydrogen-bond donors (Lipinski definition) is 1. The summed E-state index contributed by atoms with van der Waals surface area (Å²) >= 11 is 0. The normalized spacial score (nSPS) is 16.3. The molecular formula is C15H12N4. The van der Waals surface area contributed by atoms with Gasteiger partial charge in [0.05, 0.1) is 11.9 Å². The van der Waals surface area contributed by atoms with Crippen molar-refractivity contribution in [3.63, 3.8) is 0 Å². The summed E-state index contributed by atoms with van der Waals surface area (Å²) in [7, 11) is 0. The first kappa shape index (κ1) is 10.4. The van der Waals surface area contributed by atoms with Crippen LogP contribution in [0.3, 0.4) is 0 Å². The van der Waals surface area contributed by atoms with E-state index < -0.39 is 0 Å². The summed E-state index contributed by atoms with van der Waals surface area (Å²) in [5.41, 5.74) is 7.33. The summed E-state index contributed by atoms with van der Waals surface area (Å²) in [5.74, 6) is 0. The number of rotatable bonds is 1. The molecule has 0 fully saturated rings. The Morgan fingerprint density at radius 3 is 2.84 bits per heavy atom. The Balaban J connectivity index is 2.02. The molecule has 0 amide bonds. The molecule has 0 aromatic heterocycles. The molecule has 0 unspecified atom stereocenters. The topological polar surface area (TPSA) is 49.1 Å². The Morgan fingerprint density at radius 2 is 1.89 bits per heavy atom. The van der Waals surface area contributed by atoms with Gasteiger partial charge in [-0.05, 0) is 40.8 Å². The fourth-order valence-corrected chi connectivity index (χ4v) is 2.89. The van der Waals surface area contributed by atoms with Gasteiger partial charge < -0.3 is 0 Å². The van der Waals surface area contributed by atoms with Crippen LogP contribution >= 0.6 is 0 Å². The number of allylic oxidation sites excluding steroid dienone is 1. The van der Waals surface area contributed by atoms with Crippen LogP contribution in [-0.2, 0) is 12.8 Å². The Labute approximate surface area is 110 Å². The maximum Gasteiger partial charge on any atom is 0.0969 e. The lowest BCUT2D eigenvalue weighted by Gasteiger charge is -2.08. The molecule has 0 spiro atoms. The summed E-state index contributed by atoms with van der Waals surface area (Å²) in [4.78, 5) is 0. The van der Waals surface area contributed by atoms with Crippen LogP contribution in [0.2, 0.25) is 0 Å². The van der Waals surface area contributed by atoms with Crippen molar-refractivity contribution in [3.05, 3.63) is 53.1 Å². The highest BCUT2D eigenvalue weighted by Crippen LogP contribution is 2.35. The molecule has 2 aromatic carbocycles. The first-order chi connectivity index (χ1) is 9.43.